The van der Waals surface area contributed by atoms with Crippen molar-refractivity contribution in [1.29, 1.82) is 0 Å². The number of amides is 3. The minimum absolute atomic E-state index is 0.0802. The van der Waals surface area contributed by atoms with Gasteiger partial charge in [-0.05, 0) is 23.7 Å². The molecule has 33 heavy (non-hydrogen) atoms. The van der Waals surface area contributed by atoms with Crippen molar-refractivity contribution in [3.8, 4) is 0 Å². The summed E-state index contributed by atoms with van der Waals surface area (Å²) >= 11 is 0. The number of allylic oxidation sites excluding steroid dienone is 1. The van der Waals surface area contributed by atoms with Crippen LogP contribution in [0.2, 0.25) is 18.1 Å². The number of piperidine rings is 1. The highest BCUT2D eigenvalue weighted by atomic mass is 28.4. The molecule has 0 aromatic heterocycles. The molecule has 3 heterocycles. The van der Waals surface area contributed by atoms with E-state index < -0.39 is 50.2 Å². The van der Waals surface area contributed by atoms with Gasteiger partial charge in [-0.1, -0.05) is 20.8 Å². The predicted octanol–water partition coefficient (Wildman–Crippen LogP) is 1.68. The molecular weight excluding hydrogens is 444 g/mol. The van der Waals surface area contributed by atoms with Crippen LogP contribution in [0.4, 0.5) is 0 Å². The number of carbonyl (C=O) groups is 4. The van der Waals surface area contributed by atoms with Crippen LogP contribution in [0.25, 0.3) is 0 Å². The average molecular weight is 479 g/mol. The van der Waals surface area contributed by atoms with Crippen molar-refractivity contribution in [1.82, 2.24) is 9.80 Å². The van der Waals surface area contributed by atoms with Crippen molar-refractivity contribution in [3.63, 3.8) is 0 Å². The second-order valence-electron chi connectivity index (χ2n) is 11.0. The first kappa shape index (κ1) is 23.9. The lowest BCUT2D eigenvalue weighted by molar-refractivity contribution is -0.194. The summed E-state index contributed by atoms with van der Waals surface area (Å²) in [7, 11) is 1.98. The van der Waals surface area contributed by atoms with Crippen LogP contribution in [0.1, 0.15) is 33.6 Å². The van der Waals surface area contributed by atoms with E-state index in [2.05, 4.69) is 33.9 Å². The molecule has 6 atom stereocenters. The molecule has 3 saturated heterocycles. The number of methoxy groups -OCH3 is 2. The Morgan fingerprint density at radius 3 is 2.18 bits per heavy atom. The lowest BCUT2D eigenvalue weighted by Gasteiger charge is -2.58. The van der Waals surface area contributed by atoms with Gasteiger partial charge in [0.25, 0.3) is 5.91 Å². The SMILES string of the molecule is COC(=O)[C@@H]1CC2=C(O[Si](C)(C)C(C)(C)C)C[C@@H]3C(=O)N(C)C(=O)[C@@H]3[C@@H]2[C@H]2[C@@H](OC)C(=O)N21. The molecule has 1 aliphatic carbocycles. The largest absolute Gasteiger partial charge is 0.547 e. The van der Waals surface area contributed by atoms with Crippen LogP contribution in [0.3, 0.4) is 0 Å². The lowest BCUT2D eigenvalue weighted by atomic mass is 9.61. The van der Waals surface area contributed by atoms with Crippen LogP contribution in [0.15, 0.2) is 11.3 Å². The Morgan fingerprint density at radius 2 is 1.64 bits per heavy atom. The van der Waals surface area contributed by atoms with E-state index in [1.165, 1.54) is 31.1 Å². The minimum Gasteiger partial charge on any atom is -0.547 e. The van der Waals surface area contributed by atoms with Crippen LogP contribution in [0, 0.1) is 17.8 Å². The van der Waals surface area contributed by atoms with Gasteiger partial charge in [-0.25, -0.2) is 4.79 Å². The number of esters is 1. The molecule has 0 saturated carbocycles. The maximum atomic E-state index is 13.2. The van der Waals surface area contributed by atoms with Gasteiger partial charge < -0.3 is 18.8 Å². The smallest absolute Gasteiger partial charge is 0.328 e. The lowest BCUT2D eigenvalue weighted by Crippen LogP contribution is -2.76. The quantitative estimate of drug-likeness (QED) is 0.262. The Morgan fingerprint density at radius 1 is 1.00 bits per heavy atom. The van der Waals surface area contributed by atoms with Crippen LogP contribution in [-0.4, -0.2) is 81.3 Å². The maximum absolute atomic E-state index is 13.2. The standard InChI is InChI=1S/C23H34N2O7Si/c1-23(2,3)33(7,8)32-14-10-12-16(20(27)24(4)19(12)26)15-11(14)9-13(22(29)31-6)25-17(15)18(30-5)21(25)28/h12-13,15-18H,9-10H2,1-8H3/t12-,13-,15+,16-,17-,18+/m0/s1. The third kappa shape index (κ3) is 3.28. The predicted molar refractivity (Wildman–Crippen MR) is 120 cm³/mol. The average Bonchev–Trinajstić information content (AvgIpc) is 2.95. The second-order valence-corrected chi connectivity index (χ2v) is 15.8. The Kier molecular flexibility index (Phi) is 5.56. The summed E-state index contributed by atoms with van der Waals surface area (Å²) in [5.41, 5.74) is 0.851. The summed E-state index contributed by atoms with van der Waals surface area (Å²) in [5, 5.41) is -0.0802. The number of imide groups is 1. The Hall–Kier alpha value is -2.20. The van der Waals surface area contributed by atoms with E-state index in [0.29, 0.717) is 12.2 Å². The van der Waals surface area contributed by atoms with E-state index in [4.69, 9.17) is 13.9 Å². The Labute approximate surface area is 195 Å². The van der Waals surface area contributed by atoms with Gasteiger partial charge >= 0.3 is 5.97 Å². The van der Waals surface area contributed by atoms with Crippen molar-refractivity contribution >= 4 is 32.0 Å². The fourth-order valence-corrected chi connectivity index (χ4v) is 6.74. The van der Waals surface area contributed by atoms with Gasteiger partial charge in [-0.2, -0.15) is 0 Å². The van der Waals surface area contributed by atoms with Gasteiger partial charge in [-0.3, -0.25) is 19.3 Å². The highest BCUT2D eigenvalue weighted by Crippen LogP contribution is 2.55. The molecule has 0 aromatic rings. The topological polar surface area (TPSA) is 102 Å². The van der Waals surface area contributed by atoms with Crippen LogP contribution in [-0.2, 0) is 33.1 Å². The van der Waals surface area contributed by atoms with E-state index in [1.807, 2.05) is 0 Å². The van der Waals surface area contributed by atoms with Crippen molar-refractivity contribution in [2.75, 3.05) is 21.3 Å². The van der Waals surface area contributed by atoms with E-state index in [9.17, 15) is 19.2 Å². The molecule has 0 radical (unpaired) electrons. The molecule has 4 rings (SSSR count). The normalized spacial score (nSPS) is 34.0. The van der Waals surface area contributed by atoms with Crippen LogP contribution in [0.5, 0.6) is 0 Å². The van der Waals surface area contributed by atoms with Crippen molar-refractivity contribution < 1.29 is 33.1 Å². The number of likely N-dealkylation sites (tertiary alicyclic amines) is 1. The minimum atomic E-state index is -2.28. The van der Waals surface area contributed by atoms with E-state index in [0.717, 1.165) is 5.57 Å². The number of fused-ring (bicyclic) bond motifs is 5. The van der Waals surface area contributed by atoms with Gasteiger partial charge in [0.15, 0.2) is 6.10 Å². The molecular formula is C23H34N2O7Si. The van der Waals surface area contributed by atoms with Gasteiger partial charge in [0.2, 0.25) is 20.1 Å². The maximum Gasteiger partial charge on any atom is 0.328 e. The monoisotopic (exact) mass is 478 g/mol. The zero-order valence-corrected chi connectivity index (χ0v) is 21.6. The summed E-state index contributed by atoms with van der Waals surface area (Å²) in [6, 6.07) is -1.32. The summed E-state index contributed by atoms with van der Waals surface area (Å²) in [6.45, 7) is 10.7. The van der Waals surface area contributed by atoms with Crippen molar-refractivity contribution in [2.45, 2.75) is 69.9 Å². The highest BCUT2D eigenvalue weighted by Gasteiger charge is 2.67. The molecule has 0 N–H and O–H groups in total. The number of carbonyl (C=O) groups excluding carboxylic acids is 4. The molecule has 182 valence electrons. The van der Waals surface area contributed by atoms with Crippen molar-refractivity contribution in [3.05, 3.63) is 11.3 Å². The molecule has 9 nitrogen and oxygen atoms in total. The van der Waals surface area contributed by atoms with Gasteiger partial charge in [0.1, 0.15) is 6.04 Å². The zero-order chi connectivity index (χ0) is 24.6. The number of nitrogens with zero attached hydrogens (tertiary/aromatic N) is 2. The first-order chi connectivity index (χ1) is 15.3. The fourth-order valence-electron chi connectivity index (χ4n) is 5.60. The molecule has 0 bridgehead atoms. The molecule has 10 heteroatoms. The number of β-lactam (4-membered cyclic amide) rings is 1. The fraction of sp³-hybridized carbons (Fsp3) is 0.739. The van der Waals surface area contributed by atoms with E-state index in [-0.39, 0.29) is 29.2 Å². The Bertz CT molecular complexity index is 953. The first-order valence-electron chi connectivity index (χ1n) is 11.4. The summed E-state index contributed by atoms with van der Waals surface area (Å²) in [6.07, 6.45) is -0.225. The molecule has 0 unspecified atom stereocenters. The van der Waals surface area contributed by atoms with E-state index in [1.54, 1.807) is 0 Å². The van der Waals surface area contributed by atoms with Gasteiger partial charge in [0, 0.05) is 32.9 Å². The third-order valence-corrected chi connectivity index (χ3v) is 12.8. The molecule has 0 aromatic carbocycles. The summed E-state index contributed by atoms with van der Waals surface area (Å²) in [4.78, 5) is 54.5. The van der Waals surface area contributed by atoms with Crippen LogP contribution >= 0.6 is 0 Å². The van der Waals surface area contributed by atoms with Crippen molar-refractivity contribution in [2.24, 2.45) is 17.8 Å². The Balaban J connectivity index is 1.87. The van der Waals surface area contributed by atoms with Crippen LogP contribution < -0.4 is 0 Å². The highest BCUT2D eigenvalue weighted by molar-refractivity contribution is 6.74. The second kappa shape index (κ2) is 7.66. The molecule has 3 fully saturated rings. The number of hydrogen-bond donors (Lipinski definition) is 0. The molecule has 0 spiro atoms. The van der Waals surface area contributed by atoms with Gasteiger partial charge in [-0.15, -0.1) is 0 Å². The third-order valence-electron chi connectivity index (χ3n) is 8.41. The summed E-state index contributed by atoms with van der Waals surface area (Å²) < 4.78 is 17.3. The number of ether oxygens (including phenoxy) is 2. The number of hydrogen-bond acceptors (Lipinski definition) is 7. The summed E-state index contributed by atoms with van der Waals surface area (Å²) in [5.74, 6) is -2.14. The first-order valence-corrected chi connectivity index (χ1v) is 14.3. The number of rotatable bonds is 4. The molecule has 4 aliphatic rings. The molecule has 3 amide bonds. The van der Waals surface area contributed by atoms with E-state index >= 15 is 0 Å². The zero-order valence-electron chi connectivity index (χ0n) is 20.6. The molecule has 3 aliphatic heterocycles. The van der Waals surface area contributed by atoms with Gasteiger partial charge in [0.05, 0.1) is 30.7 Å².